The highest BCUT2D eigenvalue weighted by molar-refractivity contribution is 6.30. The van der Waals surface area contributed by atoms with Gasteiger partial charge < -0.3 is 9.80 Å². The molecular weight excluding hydrogens is 281 g/mol. The summed E-state index contributed by atoms with van der Waals surface area (Å²) < 4.78 is 13.8. The summed E-state index contributed by atoms with van der Waals surface area (Å²) in [6, 6.07) is 1.59. The largest absolute Gasteiger partial charge is 0.354 e. The first-order valence-electron chi connectivity index (χ1n) is 7.00. The van der Waals surface area contributed by atoms with E-state index in [1.54, 1.807) is 0 Å². The van der Waals surface area contributed by atoms with Crippen LogP contribution in [0.4, 0.5) is 10.2 Å². The molecule has 0 bridgehead atoms. The highest BCUT2D eigenvalue weighted by atomic mass is 35.5. The van der Waals surface area contributed by atoms with Crippen molar-refractivity contribution in [2.75, 3.05) is 24.5 Å². The Bertz CT molecular complexity index is 517. The molecule has 2 saturated heterocycles. The van der Waals surface area contributed by atoms with E-state index in [2.05, 4.69) is 4.98 Å². The Morgan fingerprint density at radius 3 is 2.65 bits per heavy atom. The quantitative estimate of drug-likeness (QED) is 0.841. The molecule has 1 amide bonds. The molecule has 0 radical (unpaired) electrons. The SMILES string of the molecule is O=C1CCCN1C1CCN(c2ncc(Cl)cc2F)CC1. The van der Waals surface area contributed by atoms with Gasteiger partial charge >= 0.3 is 0 Å². The highest BCUT2D eigenvalue weighted by Gasteiger charge is 2.31. The van der Waals surface area contributed by atoms with E-state index in [0.29, 0.717) is 23.3 Å². The predicted octanol–water partition coefficient (Wildman–Crippen LogP) is 2.47. The minimum Gasteiger partial charge on any atom is -0.354 e. The molecule has 0 N–H and O–H groups in total. The number of amides is 1. The number of carbonyl (C=O) groups is 1. The molecule has 0 atom stereocenters. The summed E-state index contributed by atoms with van der Waals surface area (Å²) in [7, 11) is 0. The van der Waals surface area contributed by atoms with E-state index in [0.717, 1.165) is 38.9 Å². The lowest BCUT2D eigenvalue weighted by molar-refractivity contribution is -0.130. The number of nitrogens with zero attached hydrogens (tertiary/aromatic N) is 3. The van der Waals surface area contributed by atoms with Crippen molar-refractivity contribution < 1.29 is 9.18 Å². The maximum Gasteiger partial charge on any atom is 0.222 e. The molecule has 3 rings (SSSR count). The van der Waals surface area contributed by atoms with Gasteiger partial charge in [0.15, 0.2) is 11.6 Å². The van der Waals surface area contributed by atoms with E-state index in [9.17, 15) is 9.18 Å². The Hall–Kier alpha value is -1.36. The summed E-state index contributed by atoms with van der Waals surface area (Å²) in [4.78, 5) is 19.7. The van der Waals surface area contributed by atoms with E-state index in [4.69, 9.17) is 11.6 Å². The fourth-order valence-corrected chi connectivity index (χ4v) is 3.23. The van der Waals surface area contributed by atoms with Gasteiger partial charge in [0.2, 0.25) is 5.91 Å². The van der Waals surface area contributed by atoms with Crippen LogP contribution in [-0.2, 0) is 4.79 Å². The highest BCUT2D eigenvalue weighted by Crippen LogP contribution is 2.26. The first-order valence-corrected chi connectivity index (χ1v) is 7.38. The third-order valence-corrected chi connectivity index (χ3v) is 4.31. The maximum absolute atomic E-state index is 13.8. The lowest BCUT2D eigenvalue weighted by Crippen LogP contribution is -2.45. The molecule has 3 heterocycles. The minimum absolute atomic E-state index is 0.263. The van der Waals surface area contributed by atoms with E-state index < -0.39 is 0 Å². The van der Waals surface area contributed by atoms with Gasteiger partial charge in [0, 0.05) is 38.3 Å². The number of halogens is 2. The van der Waals surface area contributed by atoms with Crippen molar-refractivity contribution >= 4 is 23.3 Å². The molecule has 2 fully saturated rings. The molecule has 1 aromatic heterocycles. The smallest absolute Gasteiger partial charge is 0.222 e. The molecule has 0 aliphatic carbocycles. The Labute approximate surface area is 122 Å². The lowest BCUT2D eigenvalue weighted by atomic mass is 10.0. The first kappa shape index (κ1) is 13.6. The summed E-state index contributed by atoms with van der Waals surface area (Å²) in [6.07, 6.45) is 4.85. The van der Waals surface area contributed by atoms with Crippen LogP contribution in [0.2, 0.25) is 5.02 Å². The fraction of sp³-hybridized carbons (Fsp3) is 0.571. The zero-order chi connectivity index (χ0) is 14.1. The molecule has 6 heteroatoms. The van der Waals surface area contributed by atoms with E-state index in [-0.39, 0.29) is 11.7 Å². The number of anilines is 1. The zero-order valence-corrected chi connectivity index (χ0v) is 11.9. The van der Waals surface area contributed by atoms with Crippen LogP contribution in [0.1, 0.15) is 25.7 Å². The van der Waals surface area contributed by atoms with Crippen molar-refractivity contribution in [1.29, 1.82) is 0 Å². The van der Waals surface area contributed by atoms with Crippen LogP contribution in [-0.4, -0.2) is 41.5 Å². The number of likely N-dealkylation sites (tertiary alicyclic amines) is 1. The maximum atomic E-state index is 13.8. The second-order valence-electron chi connectivity index (χ2n) is 5.37. The molecule has 0 spiro atoms. The number of pyridine rings is 1. The number of rotatable bonds is 2. The van der Waals surface area contributed by atoms with Gasteiger partial charge in [-0.1, -0.05) is 11.6 Å². The van der Waals surface area contributed by atoms with Crippen LogP contribution in [0.25, 0.3) is 0 Å². The molecular formula is C14H17ClFN3O. The van der Waals surface area contributed by atoms with Gasteiger partial charge in [0.25, 0.3) is 0 Å². The Balaban J connectivity index is 1.65. The van der Waals surface area contributed by atoms with Gasteiger partial charge in [-0.05, 0) is 25.3 Å². The van der Waals surface area contributed by atoms with Crippen LogP contribution in [0.3, 0.4) is 0 Å². The fourth-order valence-electron chi connectivity index (χ4n) is 3.08. The third-order valence-electron chi connectivity index (χ3n) is 4.10. The van der Waals surface area contributed by atoms with E-state index in [1.165, 1.54) is 12.3 Å². The number of aromatic nitrogens is 1. The number of hydrogen-bond donors (Lipinski definition) is 0. The predicted molar refractivity (Wildman–Crippen MR) is 75.4 cm³/mol. The van der Waals surface area contributed by atoms with Gasteiger partial charge in [-0.2, -0.15) is 0 Å². The molecule has 0 saturated carbocycles. The molecule has 108 valence electrons. The third kappa shape index (κ3) is 2.59. The Kier molecular flexibility index (Phi) is 3.78. The molecule has 2 aliphatic heterocycles. The van der Waals surface area contributed by atoms with Crippen LogP contribution in [0.5, 0.6) is 0 Å². The number of carbonyl (C=O) groups excluding carboxylic acids is 1. The van der Waals surface area contributed by atoms with Gasteiger partial charge in [0.05, 0.1) is 5.02 Å². The molecule has 1 aromatic rings. The van der Waals surface area contributed by atoms with Crippen molar-refractivity contribution in [3.05, 3.63) is 23.1 Å². The normalized spacial score (nSPS) is 20.8. The second-order valence-corrected chi connectivity index (χ2v) is 5.80. The summed E-state index contributed by atoms with van der Waals surface area (Å²) in [5, 5.41) is 0.309. The topological polar surface area (TPSA) is 36.4 Å². The van der Waals surface area contributed by atoms with Crippen molar-refractivity contribution in [1.82, 2.24) is 9.88 Å². The van der Waals surface area contributed by atoms with E-state index in [1.807, 2.05) is 9.80 Å². The zero-order valence-electron chi connectivity index (χ0n) is 11.2. The van der Waals surface area contributed by atoms with Crippen molar-refractivity contribution in [3.8, 4) is 0 Å². The molecule has 0 unspecified atom stereocenters. The molecule has 4 nitrogen and oxygen atoms in total. The van der Waals surface area contributed by atoms with Crippen molar-refractivity contribution in [2.45, 2.75) is 31.7 Å². The lowest BCUT2D eigenvalue weighted by Gasteiger charge is -2.37. The summed E-state index contributed by atoms with van der Waals surface area (Å²) in [6.45, 7) is 2.32. The average Bonchev–Trinajstić information content (AvgIpc) is 2.85. The standard InChI is InChI=1S/C14H17ClFN3O/c15-10-8-12(16)14(17-9-10)18-6-3-11(4-7-18)19-5-1-2-13(19)20/h8-9,11H,1-7H2. The summed E-state index contributed by atoms with van der Waals surface area (Å²) >= 11 is 5.72. The van der Waals surface area contributed by atoms with Gasteiger partial charge in [-0.3, -0.25) is 4.79 Å². The summed E-state index contributed by atoms with van der Waals surface area (Å²) in [5.74, 6) is 0.244. The molecule has 20 heavy (non-hydrogen) atoms. The van der Waals surface area contributed by atoms with Gasteiger partial charge in [-0.15, -0.1) is 0 Å². The van der Waals surface area contributed by atoms with Crippen molar-refractivity contribution in [2.24, 2.45) is 0 Å². The Morgan fingerprint density at radius 1 is 1.30 bits per heavy atom. The monoisotopic (exact) mass is 297 g/mol. The molecule has 0 aromatic carbocycles. The average molecular weight is 298 g/mol. The van der Waals surface area contributed by atoms with Gasteiger partial charge in [-0.25, -0.2) is 9.37 Å². The van der Waals surface area contributed by atoms with E-state index >= 15 is 0 Å². The minimum atomic E-state index is -0.381. The van der Waals surface area contributed by atoms with Crippen molar-refractivity contribution in [3.63, 3.8) is 0 Å². The van der Waals surface area contributed by atoms with Gasteiger partial charge in [0.1, 0.15) is 0 Å². The van der Waals surface area contributed by atoms with Crippen LogP contribution < -0.4 is 4.90 Å². The van der Waals surface area contributed by atoms with Crippen LogP contribution in [0, 0.1) is 5.82 Å². The molecule has 2 aliphatic rings. The van der Waals surface area contributed by atoms with Crippen LogP contribution >= 0.6 is 11.6 Å². The number of piperidine rings is 1. The second kappa shape index (κ2) is 5.56. The first-order chi connectivity index (χ1) is 9.65. The number of hydrogen-bond acceptors (Lipinski definition) is 3. The van der Waals surface area contributed by atoms with Crippen LogP contribution in [0.15, 0.2) is 12.3 Å². The Morgan fingerprint density at radius 2 is 2.05 bits per heavy atom. The summed E-state index contributed by atoms with van der Waals surface area (Å²) in [5.41, 5.74) is 0.